The van der Waals surface area contributed by atoms with Gasteiger partial charge in [0.25, 0.3) is 0 Å². The highest BCUT2D eigenvalue weighted by molar-refractivity contribution is 5.76. The highest BCUT2D eigenvalue weighted by atomic mass is 16.6. The molecule has 1 fully saturated rings. The number of carbonyl (C=O) groups is 1. The Morgan fingerprint density at radius 2 is 2.08 bits per heavy atom. The fourth-order valence-corrected chi connectivity index (χ4v) is 3.38. The first-order valence-electron chi connectivity index (χ1n) is 8.64. The van der Waals surface area contributed by atoms with Gasteiger partial charge in [0.2, 0.25) is 5.91 Å². The number of hydrogen-bond donors (Lipinski definition) is 1. The number of nitrogens with zero attached hydrogens (tertiary/aromatic N) is 4. The molecule has 1 saturated heterocycles. The van der Waals surface area contributed by atoms with Crippen molar-refractivity contribution in [3.8, 4) is 0 Å². The third-order valence-corrected chi connectivity index (χ3v) is 4.60. The molecule has 0 unspecified atom stereocenters. The van der Waals surface area contributed by atoms with Crippen molar-refractivity contribution < 1.29 is 9.72 Å². The molecule has 2 heterocycles. The second-order valence-electron chi connectivity index (χ2n) is 6.32. The molecule has 1 aliphatic heterocycles. The van der Waals surface area contributed by atoms with Crippen LogP contribution in [0.15, 0.2) is 0 Å². The van der Waals surface area contributed by atoms with Crippen LogP contribution in [0.2, 0.25) is 0 Å². The number of nitro groups is 1. The van der Waals surface area contributed by atoms with E-state index in [1.807, 2.05) is 4.90 Å². The molecule has 1 aromatic heterocycles. The SMILES string of the molecule is CCCN(C(=O)CCn1nc(C)c([N+](=O)[O-])c1C)C1CCNCC1. The summed E-state index contributed by atoms with van der Waals surface area (Å²) in [5.41, 5.74) is 0.953. The lowest BCUT2D eigenvalue weighted by molar-refractivity contribution is -0.386. The van der Waals surface area contributed by atoms with E-state index in [-0.39, 0.29) is 11.6 Å². The standard InChI is InChI=1S/C16H27N5O3/c1-4-10-19(14-5-8-17-9-6-14)15(22)7-11-20-13(3)16(21(23)24)12(2)18-20/h14,17H,4-11H2,1-3H3. The fourth-order valence-electron chi connectivity index (χ4n) is 3.38. The lowest BCUT2D eigenvalue weighted by Crippen LogP contribution is -2.46. The molecule has 0 aromatic carbocycles. The number of hydrogen-bond acceptors (Lipinski definition) is 5. The van der Waals surface area contributed by atoms with E-state index in [4.69, 9.17) is 0 Å². The van der Waals surface area contributed by atoms with Crippen molar-refractivity contribution in [1.29, 1.82) is 0 Å². The Morgan fingerprint density at radius 3 is 2.62 bits per heavy atom. The smallest absolute Gasteiger partial charge is 0.312 e. The number of rotatable bonds is 7. The number of aryl methyl sites for hydroxylation is 2. The molecule has 2 rings (SSSR count). The summed E-state index contributed by atoms with van der Waals surface area (Å²) < 4.78 is 1.58. The first-order chi connectivity index (χ1) is 11.5. The minimum atomic E-state index is -0.408. The Bertz CT molecular complexity index is 593. The van der Waals surface area contributed by atoms with Crippen molar-refractivity contribution in [2.45, 2.75) is 59.0 Å². The summed E-state index contributed by atoms with van der Waals surface area (Å²) >= 11 is 0. The van der Waals surface area contributed by atoms with E-state index in [9.17, 15) is 14.9 Å². The molecule has 0 spiro atoms. The monoisotopic (exact) mass is 337 g/mol. The van der Waals surface area contributed by atoms with E-state index < -0.39 is 4.92 Å². The third-order valence-electron chi connectivity index (χ3n) is 4.60. The molecule has 8 nitrogen and oxygen atoms in total. The zero-order valence-electron chi connectivity index (χ0n) is 14.7. The zero-order valence-corrected chi connectivity index (χ0v) is 14.7. The molecule has 0 saturated carbocycles. The van der Waals surface area contributed by atoms with Gasteiger partial charge in [-0.3, -0.25) is 19.6 Å². The average molecular weight is 337 g/mol. The molecule has 8 heteroatoms. The van der Waals surface area contributed by atoms with Crippen LogP contribution in [0.4, 0.5) is 5.69 Å². The summed E-state index contributed by atoms with van der Waals surface area (Å²) in [7, 11) is 0. The Balaban J connectivity index is 2.02. The van der Waals surface area contributed by atoms with Gasteiger partial charge >= 0.3 is 5.69 Å². The van der Waals surface area contributed by atoms with Crippen molar-refractivity contribution in [2.24, 2.45) is 0 Å². The van der Waals surface area contributed by atoms with Crippen LogP contribution in [0.1, 0.15) is 44.0 Å². The van der Waals surface area contributed by atoms with Crippen LogP contribution in [0.5, 0.6) is 0 Å². The van der Waals surface area contributed by atoms with Gasteiger partial charge in [0.15, 0.2) is 0 Å². The Hall–Kier alpha value is -1.96. The van der Waals surface area contributed by atoms with Crippen molar-refractivity contribution in [1.82, 2.24) is 20.0 Å². The van der Waals surface area contributed by atoms with Gasteiger partial charge in [-0.1, -0.05) is 6.92 Å². The van der Waals surface area contributed by atoms with E-state index in [0.717, 1.165) is 38.9 Å². The number of amides is 1. The van der Waals surface area contributed by atoms with Crippen LogP contribution in [0.25, 0.3) is 0 Å². The van der Waals surface area contributed by atoms with Gasteiger partial charge in [0, 0.05) is 19.0 Å². The number of piperidine rings is 1. The lowest BCUT2D eigenvalue weighted by atomic mass is 10.0. The van der Waals surface area contributed by atoms with Gasteiger partial charge in [-0.2, -0.15) is 5.10 Å². The molecule has 1 N–H and O–H groups in total. The predicted molar refractivity (Wildman–Crippen MR) is 90.9 cm³/mol. The largest absolute Gasteiger partial charge is 0.340 e. The average Bonchev–Trinajstić information content (AvgIpc) is 2.85. The number of aromatic nitrogens is 2. The van der Waals surface area contributed by atoms with Crippen LogP contribution in [0.3, 0.4) is 0 Å². The second kappa shape index (κ2) is 8.23. The summed E-state index contributed by atoms with van der Waals surface area (Å²) in [5, 5.41) is 18.6. The topological polar surface area (TPSA) is 93.3 Å². The maximum Gasteiger partial charge on any atom is 0.312 e. The molecule has 0 bridgehead atoms. The van der Waals surface area contributed by atoms with Gasteiger partial charge in [0.05, 0.1) is 11.5 Å². The van der Waals surface area contributed by atoms with Gasteiger partial charge in [-0.15, -0.1) is 0 Å². The maximum absolute atomic E-state index is 12.7. The first kappa shape index (κ1) is 18.4. The van der Waals surface area contributed by atoms with E-state index in [1.54, 1.807) is 18.5 Å². The molecule has 0 atom stereocenters. The van der Waals surface area contributed by atoms with Crippen LogP contribution in [-0.2, 0) is 11.3 Å². The minimum Gasteiger partial charge on any atom is -0.340 e. The third kappa shape index (κ3) is 4.11. The van der Waals surface area contributed by atoms with Crippen molar-refractivity contribution >= 4 is 11.6 Å². The minimum absolute atomic E-state index is 0.0474. The highest BCUT2D eigenvalue weighted by Crippen LogP contribution is 2.22. The van der Waals surface area contributed by atoms with Gasteiger partial charge in [0.1, 0.15) is 11.4 Å². The highest BCUT2D eigenvalue weighted by Gasteiger charge is 2.26. The van der Waals surface area contributed by atoms with Crippen LogP contribution < -0.4 is 5.32 Å². The molecular weight excluding hydrogens is 310 g/mol. The summed E-state index contributed by atoms with van der Waals surface area (Å²) in [6.45, 7) is 8.42. The summed E-state index contributed by atoms with van der Waals surface area (Å²) in [4.78, 5) is 25.3. The molecular formula is C16H27N5O3. The second-order valence-corrected chi connectivity index (χ2v) is 6.32. The molecule has 1 aromatic rings. The molecule has 1 amide bonds. The quantitative estimate of drug-likeness (QED) is 0.605. The van der Waals surface area contributed by atoms with Gasteiger partial charge in [-0.05, 0) is 46.2 Å². The zero-order chi connectivity index (χ0) is 17.7. The Labute approximate surface area is 142 Å². The molecule has 0 radical (unpaired) electrons. The van der Waals surface area contributed by atoms with Crippen molar-refractivity contribution in [3.63, 3.8) is 0 Å². The predicted octanol–water partition coefficient (Wildman–Crippen LogP) is 1.79. The van der Waals surface area contributed by atoms with E-state index in [1.165, 1.54) is 0 Å². The molecule has 24 heavy (non-hydrogen) atoms. The maximum atomic E-state index is 12.7. The summed E-state index contributed by atoms with van der Waals surface area (Å²) in [6, 6.07) is 0.300. The number of nitrogens with one attached hydrogen (secondary N) is 1. The molecule has 134 valence electrons. The van der Waals surface area contributed by atoms with E-state index in [0.29, 0.717) is 30.4 Å². The normalized spacial score (nSPS) is 15.5. The molecule has 1 aliphatic rings. The van der Waals surface area contributed by atoms with Gasteiger partial charge < -0.3 is 10.2 Å². The first-order valence-corrected chi connectivity index (χ1v) is 8.64. The van der Waals surface area contributed by atoms with Crippen LogP contribution in [-0.4, -0.2) is 51.2 Å². The lowest BCUT2D eigenvalue weighted by Gasteiger charge is -2.34. The van der Waals surface area contributed by atoms with Crippen molar-refractivity contribution in [2.75, 3.05) is 19.6 Å². The van der Waals surface area contributed by atoms with E-state index in [2.05, 4.69) is 17.3 Å². The summed E-state index contributed by atoms with van der Waals surface area (Å²) in [6.07, 6.45) is 3.22. The van der Waals surface area contributed by atoms with Crippen molar-refractivity contribution in [3.05, 3.63) is 21.5 Å². The van der Waals surface area contributed by atoms with Crippen LogP contribution in [0, 0.1) is 24.0 Å². The van der Waals surface area contributed by atoms with Crippen LogP contribution >= 0.6 is 0 Å². The Morgan fingerprint density at radius 1 is 1.42 bits per heavy atom. The Kier molecular flexibility index (Phi) is 6.30. The number of carbonyl (C=O) groups excluding carboxylic acids is 1. The molecule has 0 aliphatic carbocycles. The summed E-state index contributed by atoms with van der Waals surface area (Å²) in [5.74, 6) is 0.110. The fraction of sp³-hybridized carbons (Fsp3) is 0.750. The van der Waals surface area contributed by atoms with E-state index >= 15 is 0 Å². The van der Waals surface area contributed by atoms with Gasteiger partial charge in [-0.25, -0.2) is 0 Å².